The third-order valence-corrected chi connectivity index (χ3v) is 6.46. The van der Waals surface area contributed by atoms with Gasteiger partial charge in [0.25, 0.3) is 10.0 Å². The molecule has 2 rings (SSSR count). The number of carbonyl (C=O) groups is 1. The van der Waals surface area contributed by atoms with E-state index in [1.807, 2.05) is 4.72 Å². The summed E-state index contributed by atoms with van der Waals surface area (Å²) in [6, 6.07) is 6.18. The third kappa shape index (κ3) is 4.82. The number of sulfonamides is 1. The first-order valence-corrected chi connectivity index (χ1v) is 10.3. The fourth-order valence-corrected chi connectivity index (χ4v) is 5.12. The van der Waals surface area contributed by atoms with Gasteiger partial charge in [-0.05, 0) is 29.7 Å². The molecule has 0 saturated heterocycles. The van der Waals surface area contributed by atoms with Gasteiger partial charge in [0.1, 0.15) is 10.5 Å². The van der Waals surface area contributed by atoms with Crippen LogP contribution in [-0.2, 0) is 19.4 Å². The molecule has 0 radical (unpaired) electrons. The number of carbonyl (C=O) groups excluding carboxylic acids is 1. The van der Waals surface area contributed by atoms with Crippen molar-refractivity contribution in [3.05, 3.63) is 24.3 Å². The van der Waals surface area contributed by atoms with Crippen LogP contribution in [0.15, 0.2) is 28.5 Å². The molecule has 12 heteroatoms. The van der Waals surface area contributed by atoms with Gasteiger partial charge >= 0.3 is 7.60 Å². The summed E-state index contributed by atoms with van der Waals surface area (Å²) in [6.45, 7) is -0.173. The number of amides is 1. The van der Waals surface area contributed by atoms with Gasteiger partial charge in [0, 0.05) is 10.4 Å². The molecular formula is C11H14N3O6PS2. The Kier molecular flexibility index (Phi) is 5.21. The molecule has 126 valence electrons. The molecule has 0 saturated carbocycles. The lowest BCUT2D eigenvalue weighted by atomic mass is 10.2. The standard InChI is InChI=1S/C11H14N3O6PS2/c12-5-10(15)14-8-1-2-9-7(3-8)4-11(22-9)23(19,20)13-6-21(16,17)18/h1-4,13H,5-6,12H2,(H,14,15)(H2,16,17,18). The number of fused-ring (bicyclic) bond motifs is 1. The van der Waals surface area contributed by atoms with Crippen LogP contribution in [-0.4, -0.2) is 36.9 Å². The van der Waals surface area contributed by atoms with Crippen LogP contribution in [0.25, 0.3) is 10.1 Å². The second-order valence-corrected chi connectivity index (χ2v) is 9.26. The summed E-state index contributed by atoms with van der Waals surface area (Å²) >= 11 is 0.947. The Morgan fingerprint density at radius 1 is 1.30 bits per heavy atom. The van der Waals surface area contributed by atoms with Crippen molar-refractivity contribution in [3.63, 3.8) is 0 Å². The van der Waals surface area contributed by atoms with Crippen LogP contribution in [0, 0.1) is 0 Å². The second kappa shape index (κ2) is 6.65. The monoisotopic (exact) mass is 379 g/mol. The average molecular weight is 379 g/mol. The predicted molar refractivity (Wildman–Crippen MR) is 86.7 cm³/mol. The Balaban J connectivity index is 2.29. The first kappa shape index (κ1) is 18.0. The smallest absolute Gasteiger partial charge is 0.325 e. The topological polar surface area (TPSA) is 159 Å². The molecule has 0 aliphatic heterocycles. The van der Waals surface area contributed by atoms with E-state index in [0.29, 0.717) is 15.8 Å². The van der Waals surface area contributed by atoms with Gasteiger partial charge in [-0.3, -0.25) is 9.36 Å². The number of hydrogen-bond acceptors (Lipinski definition) is 6. The molecule has 1 aromatic heterocycles. The minimum absolute atomic E-state index is 0.0803. The van der Waals surface area contributed by atoms with Gasteiger partial charge in [-0.2, -0.15) is 4.72 Å². The second-order valence-electron chi connectivity index (χ2n) is 4.54. The Bertz CT molecular complexity index is 888. The van der Waals surface area contributed by atoms with Gasteiger partial charge in [0.15, 0.2) is 0 Å². The van der Waals surface area contributed by atoms with E-state index in [-0.39, 0.29) is 16.7 Å². The minimum Gasteiger partial charge on any atom is -0.325 e. The molecule has 0 atom stereocenters. The van der Waals surface area contributed by atoms with Gasteiger partial charge in [-0.25, -0.2) is 8.42 Å². The molecule has 0 spiro atoms. The zero-order valence-electron chi connectivity index (χ0n) is 11.6. The largest absolute Gasteiger partial charge is 0.340 e. The summed E-state index contributed by atoms with van der Waals surface area (Å²) in [7, 11) is -8.52. The van der Waals surface area contributed by atoms with Crippen LogP contribution in [0.2, 0.25) is 0 Å². The number of rotatable bonds is 6. The third-order valence-electron chi connectivity index (χ3n) is 2.69. The van der Waals surface area contributed by atoms with E-state index in [0.717, 1.165) is 11.3 Å². The summed E-state index contributed by atoms with van der Waals surface area (Å²) in [6.07, 6.45) is -0.971. The summed E-state index contributed by atoms with van der Waals surface area (Å²) in [5.74, 6) is -0.379. The fourth-order valence-electron chi connectivity index (χ4n) is 1.68. The van der Waals surface area contributed by atoms with Gasteiger partial charge in [-0.1, -0.05) is 0 Å². The van der Waals surface area contributed by atoms with Crippen LogP contribution in [0.3, 0.4) is 0 Å². The molecule has 2 aromatic rings. The van der Waals surface area contributed by atoms with Crippen LogP contribution >= 0.6 is 18.9 Å². The molecule has 1 amide bonds. The number of thiophene rings is 1. The quantitative estimate of drug-likeness (QED) is 0.449. The van der Waals surface area contributed by atoms with Gasteiger partial charge in [-0.15, -0.1) is 11.3 Å². The highest BCUT2D eigenvalue weighted by molar-refractivity contribution is 7.92. The van der Waals surface area contributed by atoms with Crippen molar-refractivity contribution in [1.29, 1.82) is 0 Å². The number of nitrogens with one attached hydrogen (secondary N) is 2. The van der Waals surface area contributed by atoms with Gasteiger partial charge < -0.3 is 20.8 Å². The van der Waals surface area contributed by atoms with E-state index in [9.17, 15) is 17.8 Å². The van der Waals surface area contributed by atoms with Gasteiger partial charge in [0.2, 0.25) is 5.91 Å². The van der Waals surface area contributed by atoms with Crippen molar-refractivity contribution in [1.82, 2.24) is 4.72 Å². The van der Waals surface area contributed by atoms with Crippen molar-refractivity contribution in [2.75, 3.05) is 18.1 Å². The highest BCUT2D eigenvalue weighted by Gasteiger charge is 2.22. The van der Waals surface area contributed by atoms with Crippen LogP contribution in [0.1, 0.15) is 0 Å². The number of benzene rings is 1. The van der Waals surface area contributed by atoms with E-state index >= 15 is 0 Å². The molecule has 0 aliphatic carbocycles. The first-order valence-electron chi connectivity index (χ1n) is 6.18. The lowest BCUT2D eigenvalue weighted by Crippen LogP contribution is -2.23. The first-order chi connectivity index (χ1) is 10.6. The molecule has 0 fully saturated rings. The van der Waals surface area contributed by atoms with E-state index in [1.54, 1.807) is 18.2 Å². The molecular weight excluding hydrogens is 365 g/mol. The maximum Gasteiger partial charge on any atom is 0.340 e. The van der Waals surface area contributed by atoms with Crippen LogP contribution < -0.4 is 15.8 Å². The molecule has 1 heterocycles. The minimum atomic E-state index is -4.49. The highest BCUT2D eigenvalue weighted by atomic mass is 32.2. The molecule has 0 aliphatic rings. The maximum atomic E-state index is 12.0. The summed E-state index contributed by atoms with van der Waals surface area (Å²) in [5.41, 5.74) is 5.67. The Morgan fingerprint density at radius 2 is 2.00 bits per heavy atom. The van der Waals surface area contributed by atoms with Crippen molar-refractivity contribution >= 4 is 50.6 Å². The van der Waals surface area contributed by atoms with E-state index in [4.69, 9.17) is 15.5 Å². The summed E-state index contributed by atoms with van der Waals surface area (Å²) < 4.78 is 37.3. The normalized spacial score (nSPS) is 12.5. The molecule has 9 nitrogen and oxygen atoms in total. The highest BCUT2D eigenvalue weighted by Crippen LogP contribution is 2.34. The lowest BCUT2D eigenvalue weighted by Gasteiger charge is -2.05. The number of anilines is 1. The fraction of sp³-hybridized carbons (Fsp3) is 0.182. The lowest BCUT2D eigenvalue weighted by molar-refractivity contribution is -0.114. The average Bonchev–Trinajstić information content (AvgIpc) is 2.88. The Hall–Kier alpha value is -1.33. The molecule has 0 unspecified atom stereocenters. The van der Waals surface area contributed by atoms with Crippen LogP contribution in [0.4, 0.5) is 5.69 Å². The molecule has 0 bridgehead atoms. The summed E-state index contributed by atoms with van der Waals surface area (Å²) in [4.78, 5) is 28.7. The number of nitrogens with two attached hydrogens (primary N) is 1. The van der Waals surface area contributed by atoms with E-state index < -0.39 is 23.9 Å². The van der Waals surface area contributed by atoms with Crippen LogP contribution in [0.5, 0.6) is 0 Å². The zero-order valence-corrected chi connectivity index (χ0v) is 14.1. The van der Waals surface area contributed by atoms with E-state index in [1.165, 1.54) is 6.07 Å². The van der Waals surface area contributed by atoms with Crippen molar-refractivity contribution < 1.29 is 27.6 Å². The van der Waals surface area contributed by atoms with Crippen molar-refractivity contribution in [3.8, 4) is 0 Å². The number of hydrogen-bond donors (Lipinski definition) is 5. The van der Waals surface area contributed by atoms with E-state index in [2.05, 4.69) is 5.32 Å². The molecule has 1 aromatic carbocycles. The molecule has 6 N–H and O–H groups in total. The Morgan fingerprint density at radius 3 is 2.61 bits per heavy atom. The predicted octanol–water partition coefficient (Wildman–Crippen LogP) is 0.212. The Labute approximate surface area is 135 Å². The van der Waals surface area contributed by atoms with Crippen molar-refractivity contribution in [2.24, 2.45) is 5.73 Å². The molecule has 23 heavy (non-hydrogen) atoms. The zero-order chi connectivity index (χ0) is 17.3. The van der Waals surface area contributed by atoms with Gasteiger partial charge in [0.05, 0.1) is 6.54 Å². The maximum absolute atomic E-state index is 12.0. The van der Waals surface area contributed by atoms with Crippen molar-refractivity contribution in [2.45, 2.75) is 4.21 Å². The SMILES string of the molecule is NCC(=O)Nc1ccc2sc(S(=O)(=O)NCP(=O)(O)O)cc2c1. The summed E-state index contributed by atoms with van der Waals surface area (Å²) in [5, 5.41) is 3.12.